The van der Waals surface area contributed by atoms with Crippen LogP contribution in [0, 0.1) is 5.92 Å². The molecule has 0 aromatic carbocycles. The van der Waals surface area contributed by atoms with Gasteiger partial charge in [0.15, 0.2) is 5.12 Å². The number of aliphatic hydroxyl groups excluding tert-OH is 1. The lowest BCUT2D eigenvalue weighted by atomic mass is 10.3. The van der Waals surface area contributed by atoms with Crippen molar-refractivity contribution in [2.45, 2.75) is 20.3 Å². The first kappa shape index (κ1) is 11.9. The molecule has 0 aliphatic carbocycles. The van der Waals surface area contributed by atoms with Crippen molar-refractivity contribution < 1.29 is 14.6 Å². The zero-order valence-corrected chi connectivity index (χ0v) is 8.39. The smallest absolute Gasteiger partial charge is 0.193 e. The lowest BCUT2D eigenvalue weighted by Gasteiger charge is -2.03. The van der Waals surface area contributed by atoms with Gasteiger partial charge in [-0.3, -0.25) is 4.79 Å². The predicted molar refractivity (Wildman–Crippen MR) is 50.0 cm³/mol. The molecule has 72 valence electrons. The molecule has 4 heteroatoms. The minimum absolute atomic E-state index is 0.0661. The van der Waals surface area contributed by atoms with Crippen molar-refractivity contribution in [3.63, 3.8) is 0 Å². The van der Waals surface area contributed by atoms with E-state index in [9.17, 15) is 4.79 Å². The summed E-state index contributed by atoms with van der Waals surface area (Å²) in [7, 11) is 0. The highest BCUT2D eigenvalue weighted by Crippen LogP contribution is 2.10. The van der Waals surface area contributed by atoms with Crippen molar-refractivity contribution in [2.24, 2.45) is 5.92 Å². The molecule has 0 unspecified atom stereocenters. The van der Waals surface area contributed by atoms with Gasteiger partial charge in [0.1, 0.15) is 0 Å². The first-order chi connectivity index (χ1) is 5.68. The van der Waals surface area contributed by atoms with E-state index in [0.717, 1.165) is 0 Å². The standard InChI is InChI=1S/C8H16O3S/c1-7(2)8(10)12-6-11-5-3-4-9/h7,9H,3-6H2,1-2H3. The Morgan fingerprint density at radius 3 is 2.75 bits per heavy atom. The van der Waals surface area contributed by atoms with E-state index >= 15 is 0 Å². The van der Waals surface area contributed by atoms with Gasteiger partial charge in [-0.05, 0) is 6.42 Å². The van der Waals surface area contributed by atoms with E-state index in [-0.39, 0.29) is 17.6 Å². The van der Waals surface area contributed by atoms with Crippen LogP contribution in [0.3, 0.4) is 0 Å². The van der Waals surface area contributed by atoms with Crippen molar-refractivity contribution in [2.75, 3.05) is 19.2 Å². The molecular weight excluding hydrogens is 176 g/mol. The molecule has 3 nitrogen and oxygen atoms in total. The Hall–Kier alpha value is -0.0600. The molecule has 0 bridgehead atoms. The number of thioether (sulfide) groups is 1. The van der Waals surface area contributed by atoms with Crippen molar-refractivity contribution in [1.82, 2.24) is 0 Å². The van der Waals surface area contributed by atoms with Crippen LogP contribution >= 0.6 is 11.8 Å². The molecule has 1 N–H and O–H groups in total. The highest BCUT2D eigenvalue weighted by Gasteiger charge is 2.06. The molecule has 0 spiro atoms. The fourth-order valence-electron chi connectivity index (χ4n) is 0.492. The molecule has 0 aromatic heterocycles. The third kappa shape index (κ3) is 6.64. The Morgan fingerprint density at radius 1 is 1.58 bits per heavy atom. The largest absolute Gasteiger partial charge is 0.396 e. The van der Waals surface area contributed by atoms with Gasteiger partial charge < -0.3 is 9.84 Å². The van der Waals surface area contributed by atoms with Crippen LogP contribution in [-0.2, 0) is 9.53 Å². The van der Waals surface area contributed by atoms with Gasteiger partial charge >= 0.3 is 0 Å². The maximum Gasteiger partial charge on any atom is 0.193 e. The summed E-state index contributed by atoms with van der Waals surface area (Å²) in [5.74, 6) is 0.466. The summed E-state index contributed by atoms with van der Waals surface area (Å²) < 4.78 is 5.08. The van der Waals surface area contributed by atoms with Crippen LogP contribution in [0.2, 0.25) is 0 Å². The second-order valence-electron chi connectivity index (χ2n) is 2.72. The van der Waals surface area contributed by atoms with Crippen LogP contribution in [0.1, 0.15) is 20.3 Å². The van der Waals surface area contributed by atoms with Gasteiger partial charge in [-0.2, -0.15) is 0 Å². The number of aliphatic hydroxyl groups is 1. The Kier molecular flexibility index (Phi) is 7.54. The summed E-state index contributed by atoms with van der Waals surface area (Å²) in [4.78, 5) is 11.0. The van der Waals surface area contributed by atoms with Gasteiger partial charge in [0, 0.05) is 19.1 Å². The monoisotopic (exact) mass is 192 g/mol. The first-order valence-electron chi connectivity index (χ1n) is 4.03. The van der Waals surface area contributed by atoms with Crippen molar-refractivity contribution >= 4 is 16.9 Å². The SMILES string of the molecule is CC(C)C(=O)SCOCCCO. The maximum atomic E-state index is 11.0. The molecule has 0 rings (SSSR count). The van der Waals surface area contributed by atoms with Gasteiger partial charge in [-0.25, -0.2) is 0 Å². The molecule has 0 heterocycles. The van der Waals surface area contributed by atoms with E-state index in [1.54, 1.807) is 0 Å². The second kappa shape index (κ2) is 7.58. The average molecular weight is 192 g/mol. The predicted octanol–water partition coefficient (Wildman–Crippen LogP) is 1.26. The molecular formula is C8H16O3S. The molecule has 0 aromatic rings. The third-order valence-electron chi connectivity index (χ3n) is 1.20. The molecule has 12 heavy (non-hydrogen) atoms. The topological polar surface area (TPSA) is 46.5 Å². The zero-order chi connectivity index (χ0) is 9.40. The van der Waals surface area contributed by atoms with E-state index in [2.05, 4.69) is 0 Å². The van der Waals surface area contributed by atoms with Gasteiger partial charge in [-0.1, -0.05) is 25.6 Å². The number of carbonyl (C=O) groups is 1. The van der Waals surface area contributed by atoms with Crippen molar-refractivity contribution in [3.8, 4) is 0 Å². The van der Waals surface area contributed by atoms with Crippen LogP contribution in [-0.4, -0.2) is 29.4 Å². The van der Waals surface area contributed by atoms with Gasteiger partial charge in [-0.15, -0.1) is 0 Å². The van der Waals surface area contributed by atoms with E-state index in [1.165, 1.54) is 11.8 Å². The van der Waals surface area contributed by atoms with Crippen LogP contribution in [0.4, 0.5) is 0 Å². The Morgan fingerprint density at radius 2 is 2.25 bits per heavy atom. The number of hydrogen-bond acceptors (Lipinski definition) is 4. The summed E-state index contributed by atoms with van der Waals surface area (Å²) in [6, 6.07) is 0. The molecule has 0 fully saturated rings. The lowest BCUT2D eigenvalue weighted by molar-refractivity contribution is -0.113. The Bertz CT molecular complexity index is 125. The normalized spacial score (nSPS) is 10.7. The number of rotatable bonds is 6. The molecule has 0 radical (unpaired) electrons. The highest BCUT2D eigenvalue weighted by atomic mass is 32.2. The lowest BCUT2D eigenvalue weighted by Crippen LogP contribution is -2.04. The molecule has 0 saturated carbocycles. The highest BCUT2D eigenvalue weighted by molar-refractivity contribution is 8.13. The van der Waals surface area contributed by atoms with E-state index < -0.39 is 0 Å². The van der Waals surface area contributed by atoms with E-state index in [4.69, 9.17) is 9.84 Å². The minimum Gasteiger partial charge on any atom is -0.396 e. The van der Waals surface area contributed by atoms with Gasteiger partial charge in [0.25, 0.3) is 0 Å². The third-order valence-corrected chi connectivity index (χ3v) is 2.24. The Balaban J connectivity index is 3.14. The van der Waals surface area contributed by atoms with E-state index in [0.29, 0.717) is 19.0 Å². The number of hydrogen-bond donors (Lipinski definition) is 1. The average Bonchev–Trinajstić information content (AvgIpc) is 2.03. The molecule has 0 atom stereocenters. The molecule has 0 saturated heterocycles. The van der Waals surface area contributed by atoms with Crippen LogP contribution in [0.5, 0.6) is 0 Å². The molecule has 0 aliphatic heterocycles. The van der Waals surface area contributed by atoms with Crippen LogP contribution in [0.15, 0.2) is 0 Å². The van der Waals surface area contributed by atoms with Crippen molar-refractivity contribution in [3.05, 3.63) is 0 Å². The molecule has 0 aliphatic rings. The summed E-state index contributed by atoms with van der Waals surface area (Å²) in [6.45, 7) is 4.39. The Labute approximate surface area is 77.5 Å². The van der Waals surface area contributed by atoms with Gasteiger partial charge in [0.05, 0.1) is 5.94 Å². The summed E-state index contributed by atoms with van der Waals surface area (Å²) in [5, 5.41) is 8.56. The van der Waals surface area contributed by atoms with Gasteiger partial charge in [0.2, 0.25) is 0 Å². The quantitative estimate of drug-likeness (QED) is 0.508. The number of carbonyl (C=O) groups excluding carboxylic acids is 1. The fourth-order valence-corrected chi connectivity index (χ4v) is 1.14. The second-order valence-corrected chi connectivity index (χ2v) is 3.65. The minimum atomic E-state index is 0.0661. The summed E-state index contributed by atoms with van der Waals surface area (Å²) in [6.07, 6.45) is 0.635. The molecule has 0 amide bonds. The summed E-state index contributed by atoms with van der Waals surface area (Å²) in [5.41, 5.74) is 0. The first-order valence-corrected chi connectivity index (χ1v) is 5.02. The number of ether oxygens (including phenoxy) is 1. The van der Waals surface area contributed by atoms with Crippen molar-refractivity contribution in [1.29, 1.82) is 0 Å². The van der Waals surface area contributed by atoms with E-state index in [1.807, 2.05) is 13.8 Å². The zero-order valence-electron chi connectivity index (χ0n) is 7.58. The van der Waals surface area contributed by atoms with Crippen LogP contribution in [0.25, 0.3) is 0 Å². The summed E-state index contributed by atoms with van der Waals surface area (Å²) >= 11 is 1.19. The van der Waals surface area contributed by atoms with Crippen LogP contribution < -0.4 is 0 Å². The maximum absolute atomic E-state index is 11.0. The fraction of sp³-hybridized carbons (Fsp3) is 0.875.